The van der Waals surface area contributed by atoms with Crippen molar-refractivity contribution in [1.82, 2.24) is 24.8 Å². The summed E-state index contributed by atoms with van der Waals surface area (Å²) in [6.07, 6.45) is 4.16. The first-order valence-electron chi connectivity index (χ1n) is 12.8. The lowest BCUT2D eigenvalue weighted by molar-refractivity contribution is 0.0964. The van der Waals surface area contributed by atoms with E-state index in [0.717, 1.165) is 10.6 Å². The SMILES string of the molecule is CNC(=O)c1c(-c2ccc(F)cc2)oc2cc(N(C)S(C)(=O)=O)c(-c3ncc4ncn(-c5ccc(C#N)cc5)c4n3)cc12. The standard InChI is InChI=1S/C30H22FN7O4S/c1-33-30(39)26-22-12-21(28-34-15-23-29(36-28)38(16-35-23)20-10-4-17(14-32)5-11-20)24(37(2)43(3,40)41)13-25(22)42-27(26)18-6-8-19(31)9-7-18/h4-13,15-16H,1-3H3,(H,33,39). The summed E-state index contributed by atoms with van der Waals surface area (Å²) in [6, 6.07) is 17.6. The first-order valence-corrected chi connectivity index (χ1v) is 14.7. The third-order valence-corrected chi connectivity index (χ3v) is 8.20. The molecular weight excluding hydrogens is 573 g/mol. The van der Waals surface area contributed by atoms with Gasteiger partial charge in [0.05, 0.1) is 35.3 Å². The van der Waals surface area contributed by atoms with Crippen molar-refractivity contribution in [1.29, 1.82) is 5.26 Å². The number of hydrogen-bond acceptors (Lipinski definition) is 8. The summed E-state index contributed by atoms with van der Waals surface area (Å²) < 4.78 is 48.0. The van der Waals surface area contributed by atoms with Crippen LogP contribution in [0.1, 0.15) is 15.9 Å². The Morgan fingerprint density at radius 3 is 2.47 bits per heavy atom. The van der Waals surface area contributed by atoms with E-state index in [0.29, 0.717) is 38.9 Å². The molecule has 0 saturated carbocycles. The highest BCUT2D eigenvalue weighted by molar-refractivity contribution is 7.92. The molecule has 0 aliphatic carbocycles. The Kier molecular flexibility index (Phi) is 6.63. The van der Waals surface area contributed by atoms with E-state index in [9.17, 15) is 17.6 Å². The third kappa shape index (κ3) is 4.83. The van der Waals surface area contributed by atoms with Crippen LogP contribution in [-0.4, -0.2) is 54.2 Å². The molecular formula is C30H22FN7O4S. The molecule has 11 nitrogen and oxygen atoms in total. The summed E-state index contributed by atoms with van der Waals surface area (Å²) in [5.41, 5.74) is 3.52. The monoisotopic (exact) mass is 595 g/mol. The average Bonchev–Trinajstić information content (AvgIpc) is 3.60. The van der Waals surface area contributed by atoms with Crippen LogP contribution in [0.2, 0.25) is 0 Å². The fourth-order valence-electron chi connectivity index (χ4n) is 4.73. The number of furan rings is 1. The molecule has 0 radical (unpaired) electrons. The lowest BCUT2D eigenvalue weighted by Gasteiger charge is -2.20. The number of fused-ring (bicyclic) bond motifs is 2. The number of imidazole rings is 1. The van der Waals surface area contributed by atoms with Gasteiger partial charge in [0, 0.05) is 42.4 Å². The molecule has 43 heavy (non-hydrogen) atoms. The molecule has 3 aromatic heterocycles. The fourth-order valence-corrected chi connectivity index (χ4v) is 5.24. The summed E-state index contributed by atoms with van der Waals surface area (Å²) in [5, 5.41) is 12.2. The molecule has 6 rings (SSSR count). The van der Waals surface area contributed by atoms with Gasteiger partial charge >= 0.3 is 0 Å². The van der Waals surface area contributed by atoms with Gasteiger partial charge in [-0.05, 0) is 54.6 Å². The predicted molar refractivity (Wildman–Crippen MR) is 159 cm³/mol. The van der Waals surface area contributed by atoms with Gasteiger partial charge in [-0.25, -0.2) is 27.8 Å². The third-order valence-electron chi connectivity index (χ3n) is 7.01. The Labute approximate surface area is 244 Å². The minimum absolute atomic E-state index is 0.169. The van der Waals surface area contributed by atoms with Gasteiger partial charge in [-0.1, -0.05) is 0 Å². The number of rotatable bonds is 6. The molecule has 0 unspecified atom stereocenters. The van der Waals surface area contributed by atoms with Crippen molar-refractivity contribution in [2.75, 3.05) is 24.7 Å². The molecule has 0 aliphatic rings. The lowest BCUT2D eigenvalue weighted by atomic mass is 10.0. The Hall–Kier alpha value is -5.61. The minimum Gasteiger partial charge on any atom is -0.455 e. The van der Waals surface area contributed by atoms with Crippen LogP contribution in [0.25, 0.3) is 50.5 Å². The van der Waals surface area contributed by atoms with Gasteiger partial charge in [0.2, 0.25) is 10.0 Å². The smallest absolute Gasteiger partial charge is 0.255 e. The van der Waals surface area contributed by atoms with E-state index >= 15 is 0 Å². The van der Waals surface area contributed by atoms with E-state index < -0.39 is 21.7 Å². The number of carbonyl (C=O) groups is 1. The summed E-state index contributed by atoms with van der Waals surface area (Å²) >= 11 is 0. The molecule has 1 N–H and O–H groups in total. The fraction of sp³-hybridized carbons (Fsp3) is 0.100. The van der Waals surface area contributed by atoms with Gasteiger partial charge in [-0.15, -0.1) is 0 Å². The molecule has 3 aromatic carbocycles. The maximum absolute atomic E-state index is 13.7. The number of sulfonamides is 1. The van der Waals surface area contributed by atoms with Crippen LogP contribution in [0.3, 0.4) is 0 Å². The Morgan fingerprint density at radius 2 is 1.81 bits per heavy atom. The zero-order valence-electron chi connectivity index (χ0n) is 23.0. The molecule has 1 amide bonds. The van der Waals surface area contributed by atoms with E-state index in [-0.39, 0.29) is 28.4 Å². The number of nitrogens with zero attached hydrogens (tertiary/aromatic N) is 6. The Morgan fingerprint density at radius 1 is 1.09 bits per heavy atom. The first kappa shape index (κ1) is 27.6. The summed E-state index contributed by atoms with van der Waals surface area (Å²) in [4.78, 5) is 26.8. The average molecular weight is 596 g/mol. The van der Waals surface area contributed by atoms with Crippen molar-refractivity contribution >= 4 is 43.8 Å². The van der Waals surface area contributed by atoms with E-state index in [1.807, 2.05) is 0 Å². The number of carbonyl (C=O) groups excluding carboxylic acids is 1. The number of nitriles is 1. The van der Waals surface area contributed by atoms with Crippen molar-refractivity contribution < 1.29 is 22.0 Å². The summed E-state index contributed by atoms with van der Waals surface area (Å²) in [5.74, 6) is -0.547. The molecule has 0 bridgehead atoms. The topological polar surface area (TPSA) is 147 Å². The number of benzene rings is 3. The van der Waals surface area contributed by atoms with Crippen LogP contribution >= 0.6 is 0 Å². The maximum atomic E-state index is 13.7. The highest BCUT2D eigenvalue weighted by Gasteiger charge is 2.27. The van der Waals surface area contributed by atoms with Crippen LogP contribution in [-0.2, 0) is 10.0 Å². The second-order valence-electron chi connectivity index (χ2n) is 9.66. The summed E-state index contributed by atoms with van der Waals surface area (Å²) in [6.45, 7) is 0. The van der Waals surface area contributed by atoms with Gasteiger partial charge in [0.1, 0.15) is 29.0 Å². The predicted octanol–water partition coefficient (Wildman–Crippen LogP) is 4.66. The van der Waals surface area contributed by atoms with E-state index in [4.69, 9.17) is 14.7 Å². The number of amides is 1. The number of anilines is 1. The van der Waals surface area contributed by atoms with Crippen LogP contribution in [0, 0.1) is 17.1 Å². The Bertz CT molecular complexity index is 2200. The van der Waals surface area contributed by atoms with E-state index in [2.05, 4.69) is 21.4 Å². The van der Waals surface area contributed by atoms with Crippen LogP contribution in [0.4, 0.5) is 10.1 Å². The molecule has 3 heterocycles. The molecule has 0 atom stereocenters. The van der Waals surface area contributed by atoms with Crippen molar-refractivity contribution in [3.8, 4) is 34.5 Å². The molecule has 6 aromatic rings. The highest BCUT2D eigenvalue weighted by atomic mass is 32.2. The van der Waals surface area contributed by atoms with Crippen LogP contribution in [0.5, 0.6) is 0 Å². The van der Waals surface area contributed by atoms with E-state index in [1.165, 1.54) is 50.6 Å². The highest BCUT2D eigenvalue weighted by Crippen LogP contribution is 2.40. The molecule has 0 fully saturated rings. The second-order valence-corrected chi connectivity index (χ2v) is 11.7. The number of halogens is 1. The van der Waals surface area contributed by atoms with Crippen molar-refractivity contribution in [3.05, 3.63) is 90.1 Å². The molecule has 214 valence electrons. The minimum atomic E-state index is -3.75. The zero-order valence-corrected chi connectivity index (χ0v) is 23.8. The van der Waals surface area contributed by atoms with Crippen LogP contribution < -0.4 is 9.62 Å². The van der Waals surface area contributed by atoms with Crippen molar-refractivity contribution in [3.63, 3.8) is 0 Å². The van der Waals surface area contributed by atoms with Gasteiger partial charge in [-0.3, -0.25) is 13.7 Å². The lowest BCUT2D eigenvalue weighted by Crippen LogP contribution is -2.25. The number of aromatic nitrogens is 4. The Balaban J connectivity index is 1.62. The van der Waals surface area contributed by atoms with E-state index in [1.54, 1.807) is 41.2 Å². The summed E-state index contributed by atoms with van der Waals surface area (Å²) in [7, 11) is -0.887. The largest absolute Gasteiger partial charge is 0.455 e. The van der Waals surface area contributed by atoms with Crippen molar-refractivity contribution in [2.24, 2.45) is 0 Å². The van der Waals surface area contributed by atoms with Gasteiger partial charge in [-0.2, -0.15) is 5.26 Å². The molecule has 13 heteroatoms. The van der Waals surface area contributed by atoms with Crippen LogP contribution in [0.15, 0.2) is 77.6 Å². The first-order chi connectivity index (χ1) is 20.6. The maximum Gasteiger partial charge on any atom is 0.255 e. The van der Waals surface area contributed by atoms with Gasteiger partial charge in [0.15, 0.2) is 11.5 Å². The molecule has 0 aliphatic heterocycles. The molecule has 0 saturated heterocycles. The zero-order chi connectivity index (χ0) is 30.5. The van der Waals surface area contributed by atoms with Gasteiger partial charge in [0.25, 0.3) is 5.91 Å². The quantitative estimate of drug-likeness (QED) is 0.292. The molecule has 0 spiro atoms. The normalized spacial score (nSPS) is 11.5. The van der Waals surface area contributed by atoms with Gasteiger partial charge < -0.3 is 9.73 Å². The number of hydrogen-bond donors (Lipinski definition) is 1. The number of nitrogens with one attached hydrogen (secondary N) is 1. The second kappa shape index (κ2) is 10.3. The van der Waals surface area contributed by atoms with Crippen molar-refractivity contribution in [2.45, 2.75) is 0 Å².